The highest BCUT2D eigenvalue weighted by molar-refractivity contribution is 5.93. The number of carbonyl (C=O) groups is 2. The maximum atomic E-state index is 12.7. The van der Waals surface area contributed by atoms with Gasteiger partial charge in [0.2, 0.25) is 11.8 Å². The molecule has 0 spiro atoms. The molecule has 0 bridgehead atoms. The number of aromatic nitrogens is 5. The Labute approximate surface area is 175 Å². The molecule has 0 aliphatic carbocycles. The molecular weight excluding hydrogens is 380 g/mol. The molecule has 8 heteroatoms. The van der Waals surface area contributed by atoms with Crippen molar-refractivity contribution in [3.63, 3.8) is 0 Å². The van der Waals surface area contributed by atoms with Gasteiger partial charge >= 0.3 is 0 Å². The topological polar surface area (TPSA) is 85.9 Å². The number of fused-ring (bicyclic) bond motifs is 1. The summed E-state index contributed by atoms with van der Waals surface area (Å²) in [6, 6.07) is 7.68. The third-order valence-corrected chi connectivity index (χ3v) is 6.04. The summed E-state index contributed by atoms with van der Waals surface area (Å²) in [5.74, 6) is 1.45. The first kappa shape index (κ1) is 20.3. The fourth-order valence-corrected chi connectivity index (χ4v) is 4.24. The molecule has 3 heterocycles. The number of rotatable bonds is 6. The molecule has 0 atom stereocenters. The molecule has 1 amide bonds. The van der Waals surface area contributed by atoms with Crippen molar-refractivity contribution in [2.24, 2.45) is 5.92 Å². The molecule has 158 valence electrons. The first-order valence-corrected chi connectivity index (χ1v) is 10.7. The van der Waals surface area contributed by atoms with Crippen LogP contribution in [-0.4, -0.2) is 54.3 Å². The van der Waals surface area contributed by atoms with Gasteiger partial charge in [0.05, 0.1) is 11.2 Å². The summed E-state index contributed by atoms with van der Waals surface area (Å²) in [5, 5.41) is 13.6. The van der Waals surface area contributed by atoms with Gasteiger partial charge in [-0.2, -0.15) is 9.78 Å². The van der Waals surface area contributed by atoms with E-state index in [0.29, 0.717) is 5.92 Å². The Bertz CT molecular complexity index is 1050. The normalized spacial score (nSPS) is 15.1. The van der Waals surface area contributed by atoms with Crippen LogP contribution in [0.5, 0.6) is 0 Å². The molecule has 2 aromatic heterocycles. The Morgan fingerprint density at radius 2 is 1.83 bits per heavy atom. The van der Waals surface area contributed by atoms with Crippen molar-refractivity contribution >= 4 is 22.7 Å². The molecule has 1 fully saturated rings. The van der Waals surface area contributed by atoms with Gasteiger partial charge < -0.3 is 9.47 Å². The summed E-state index contributed by atoms with van der Waals surface area (Å²) in [5.41, 5.74) is 1.62. The largest absolute Gasteiger partial charge is 0.343 e. The van der Waals surface area contributed by atoms with Crippen LogP contribution in [-0.2, 0) is 17.8 Å². The van der Waals surface area contributed by atoms with Crippen LogP contribution in [0.3, 0.4) is 0 Å². The maximum absolute atomic E-state index is 12.7. The van der Waals surface area contributed by atoms with E-state index in [9.17, 15) is 9.59 Å². The molecule has 0 unspecified atom stereocenters. The van der Waals surface area contributed by atoms with Gasteiger partial charge in [-0.15, -0.1) is 10.2 Å². The van der Waals surface area contributed by atoms with Gasteiger partial charge in [0.1, 0.15) is 12.2 Å². The highest BCUT2D eigenvalue weighted by Gasteiger charge is 2.25. The molecule has 1 aliphatic heterocycles. The number of hydrogen-bond acceptors (Lipinski definition) is 5. The molecule has 0 saturated carbocycles. The summed E-state index contributed by atoms with van der Waals surface area (Å²) in [4.78, 5) is 27.2. The smallest absolute Gasteiger partial charge is 0.247 e. The van der Waals surface area contributed by atoms with Crippen LogP contribution in [0.25, 0.3) is 10.9 Å². The fraction of sp³-hybridized carbons (Fsp3) is 0.500. The van der Waals surface area contributed by atoms with Crippen molar-refractivity contribution < 1.29 is 9.59 Å². The fourth-order valence-electron chi connectivity index (χ4n) is 4.24. The SMILES string of the molecule is CCn1cnnc1CC1CCN(C(=O)CCC(=O)n2nc(C)c3ccccc32)CC1. The minimum atomic E-state index is -0.138. The lowest BCUT2D eigenvalue weighted by Crippen LogP contribution is -2.39. The van der Waals surface area contributed by atoms with Crippen LogP contribution >= 0.6 is 0 Å². The molecule has 1 aromatic carbocycles. The van der Waals surface area contributed by atoms with Gasteiger partial charge in [0.15, 0.2) is 0 Å². The second-order valence-corrected chi connectivity index (χ2v) is 7.97. The van der Waals surface area contributed by atoms with Crippen molar-refractivity contribution in [2.75, 3.05) is 13.1 Å². The molecule has 8 nitrogen and oxygen atoms in total. The number of aryl methyl sites for hydroxylation is 2. The molecule has 1 saturated heterocycles. The highest BCUT2D eigenvalue weighted by Crippen LogP contribution is 2.22. The van der Waals surface area contributed by atoms with Gasteiger partial charge in [-0.05, 0) is 38.7 Å². The van der Waals surface area contributed by atoms with E-state index in [2.05, 4.69) is 26.8 Å². The van der Waals surface area contributed by atoms with E-state index in [4.69, 9.17) is 0 Å². The van der Waals surface area contributed by atoms with Crippen LogP contribution in [0.1, 0.15) is 48.9 Å². The zero-order chi connectivity index (χ0) is 21.1. The highest BCUT2D eigenvalue weighted by atomic mass is 16.2. The van der Waals surface area contributed by atoms with Crippen molar-refractivity contribution in [1.82, 2.24) is 29.4 Å². The van der Waals surface area contributed by atoms with Gasteiger partial charge in [0.25, 0.3) is 0 Å². The van der Waals surface area contributed by atoms with Gasteiger partial charge in [-0.3, -0.25) is 9.59 Å². The maximum Gasteiger partial charge on any atom is 0.247 e. The van der Waals surface area contributed by atoms with Crippen LogP contribution in [0, 0.1) is 12.8 Å². The number of benzene rings is 1. The summed E-state index contributed by atoms with van der Waals surface area (Å²) >= 11 is 0. The molecule has 0 radical (unpaired) electrons. The number of likely N-dealkylation sites (tertiary alicyclic amines) is 1. The second-order valence-electron chi connectivity index (χ2n) is 7.97. The van der Waals surface area contributed by atoms with Crippen molar-refractivity contribution in [1.29, 1.82) is 0 Å². The number of nitrogens with zero attached hydrogens (tertiary/aromatic N) is 6. The average molecular weight is 409 g/mol. The molecule has 1 aliphatic rings. The van der Waals surface area contributed by atoms with E-state index >= 15 is 0 Å². The minimum Gasteiger partial charge on any atom is -0.343 e. The van der Waals surface area contributed by atoms with Crippen LogP contribution < -0.4 is 0 Å². The number of carbonyl (C=O) groups excluding carboxylic acids is 2. The predicted octanol–water partition coefficient (Wildman–Crippen LogP) is 2.86. The van der Waals surface area contributed by atoms with Crippen molar-refractivity contribution in [3.8, 4) is 0 Å². The van der Waals surface area contributed by atoms with E-state index in [0.717, 1.165) is 61.3 Å². The Balaban J connectivity index is 1.28. The van der Waals surface area contributed by atoms with Crippen molar-refractivity contribution in [2.45, 2.75) is 52.5 Å². The first-order chi connectivity index (χ1) is 14.6. The monoisotopic (exact) mass is 408 g/mol. The molecule has 0 N–H and O–H groups in total. The lowest BCUT2D eigenvalue weighted by Gasteiger charge is -2.32. The Morgan fingerprint density at radius 3 is 2.60 bits per heavy atom. The molecule has 30 heavy (non-hydrogen) atoms. The van der Waals surface area contributed by atoms with E-state index < -0.39 is 0 Å². The Kier molecular flexibility index (Phi) is 5.92. The van der Waals surface area contributed by atoms with Crippen LogP contribution in [0.2, 0.25) is 0 Å². The van der Waals surface area contributed by atoms with Gasteiger partial charge in [-0.1, -0.05) is 18.2 Å². The third-order valence-electron chi connectivity index (χ3n) is 6.04. The van der Waals surface area contributed by atoms with E-state index in [-0.39, 0.29) is 24.7 Å². The quantitative estimate of drug-likeness (QED) is 0.626. The minimum absolute atomic E-state index is 0.0479. The van der Waals surface area contributed by atoms with Crippen molar-refractivity contribution in [3.05, 3.63) is 42.1 Å². The first-order valence-electron chi connectivity index (χ1n) is 10.7. The molecule has 4 rings (SSSR count). The van der Waals surface area contributed by atoms with E-state index in [1.807, 2.05) is 36.1 Å². The van der Waals surface area contributed by atoms with Gasteiger partial charge in [-0.25, -0.2) is 0 Å². The average Bonchev–Trinajstić information content (AvgIpc) is 3.36. The Morgan fingerprint density at radius 1 is 1.10 bits per heavy atom. The Hall–Kier alpha value is -3.03. The standard InChI is InChI=1S/C22H28N6O2/c1-3-26-15-23-24-20(26)14-17-10-12-27(13-11-17)21(29)8-9-22(30)28-19-7-5-4-6-18(19)16(2)25-28/h4-7,15,17H,3,8-14H2,1-2H3. The third kappa shape index (κ3) is 4.13. The zero-order valence-corrected chi connectivity index (χ0v) is 17.6. The van der Waals surface area contributed by atoms with Gasteiger partial charge in [0, 0.05) is 44.3 Å². The molecular formula is C22H28N6O2. The summed E-state index contributed by atoms with van der Waals surface area (Å²) in [6.07, 6.45) is 4.98. The number of para-hydroxylation sites is 1. The second kappa shape index (κ2) is 8.77. The number of amides is 1. The lowest BCUT2D eigenvalue weighted by atomic mass is 9.93. The summed E-state index contributed by atoms with van der Waals surface area (Å²) < 4.78 is 3.51. The number of hydrogen-bond donors (Lipinski definition) is 0. The summed E-state index contributed by atoms with van der Waals surface area (Å²) in [6.45, 7) is 6.33. The lowest BCUT2D eigenvalue weighted by molar-refractivity contribution is -0.132. The number of piperidine rings is 1. The van der Waals surface area contributed by atoms with Crippen LogP contribution in [0.15, 0.2) is 30.6 Å². The van der Waals surface area contributed by atoms with E-state index in [1.165, 1.54) is 4.68 Å². The van der Waals surface area contributed by atoms with Crippen LogP contribution in [0.4, 0.5) is 0 Å². The molecule has 3 aromatic rings. The zero-order valence-electron chi connectivity index (χ0n) is 17.6. The predicted molar refractivity (Wildman–Crippen MR) is 113 cm³/mol. The van der Waals surface area contributed by atoms with E-state index in [1.54, 1.807) is 6.33 Å². The summed E-state index contributed by atoms with van der Waals surface area (Å²) in [7, 11) is 0.